The Bertz CT molecular complexity index is 193. The largest absolute Gasteiger partial charge is 0.481 e. The van der Waals surface area contributed by atoms with Crippen molar-refractivity contribution in [2.45, 2.75) is 19.4 Å². The highest BCUT2D eigenvalue weighted by atomic mass is 16.5. The molecular weight excluding hydrogens is 174 g/mol. The van der Waals surface area contributed by atoms with Crippen molar-refractivity contribution in [1.29, 1.82) is 0 Å². The molecule has 0 spiro atoms. The maximum Gasteiger partial charge on any atom is 0.322 e. The van der Waals surface area contributed by atoms with Gasteiger partial charge in [0, 0.05) is 6.54 Å². The number of nitrogens with zero attached hydrogens (tertiary/aromatic N) is 1. The molecule has 0 aliphatic rings. The zero-order valence-electron chi connectivity index (χ0n) is 8.11. The number of ether oxygens (including phenoxy) is 1. The minimum absolute atomic E-state index is 0.0256. The molecule has 0 fully saturated rings. The van der Waals surface area contributed by atoms with E-state index in [1.54, 1.807) is 18.9 Å². The minimum atomic E-state index is -0.871. The van der Waals surface area contributed by atoms with Gasteiger partial charge in [-0.1, -0.05) is 0 Å². The van der Waals surface area contributed by atoms with Crippen molar-refractivity contribution in [3.05, 3.63) is 0 Å². The van der Waals surface area contributed by atoms with Crippen LogP contribution in [0.2, 0.25) is 0 Å². The summed E-state index contributed by atoms with van der Waals surface area (Å²) in [5.41, 5.74) is 0. The fourth-order valence-corrected chi connectivity index (χ4v) is 0.816. The fraction of sp³-hybridized carbons (Fsp3) is 0.750. The molecule has 76 valence electrons. The minimum Gasteiger partial charge on any atom is -0.481 e. The van der Waals surface area contributed by atoms with Crippen molar-refractivity contribution in [1.82, 2.24) is 4.90 Å². The van der Waals surface area contributed by atoms with Gasteiger partial charge in [-0.05, 0) is 14.0 Å². The molecule has 0 heterocycles. The molecule has 1 unspecified atom stereocenters. The van der Waals surface area contributed by atoms with E-state index in [1.165, 1.54) is 7.11 Å². The third kappa shape index (κ3) is 4.47. The van der Waals surface area contributed by atoms with Gasteiger partial charge in [0.25, 0.3) is 0 Å². The summed E-state index contributed by atoms with van der Waals surface area (Å²) in [7, 11) is 2.99. The van der Waals surface area contributed by atoms with Crippen LogP contribution in [0.5, 0.6) is 0 Å². The molecule has 5 nitrogen and oxygen atoms in total. The van der Waals surface area contributed by atoms with Crippen LogP contribution in [-0.4, -0.2) is 48.7 Å². The van der Waals surface area contributed by atoms with Crippen LogP contribution in [0, 0.1) is 0 Å². The number of rotatable bonds is 5. The highest BCUT2D eigenvalue weighted by molar-refractivity contribution is 5.75. The molecule has 0 aromatic carbocycles. The second kappa shape index (κ2) is 5.53. The molecule has 0 aromatic rings. The van der Waals surface area contributed by atoms with E-state index >= 15 is 0 Å². The van der Waals surface area contributed by atoms with Gasteiger partial charge >= 0.3 is 11.9 Å². The number of hydrogen-bond donors (Lipinski definition) is 1. The third-order valence-electron chi connectivity index (χ3n) is 1.88. The van der Waals surface area contributed by atoms with Crippen LogP contribution >= 0.6 is 0 Å². The van der Waals surface area contributed by atoms with Crippen molar-refractivity contribution < 1.29 is 19.4 Å². The van der Waals surface area contributed by atoms with E-state index in [9.17, 15) is 9.59 Å². The molecule has 0 aliphatic carbocycles. The average molecular weight is 189 g/mol. The van der Waals surface area contributed by atoms with Gasteiger partial charge in [0.15, 0.2) is 0 Å². The number of aliphatic carboxylic acids is 1. The van der Waals surface area contributed by atoms with Crippen LogP contribution in [0.25, 0.3) is 0 Å². The zero-order chi connectivity index (χ0) is 10.4. The molecule has 0 radical (unpaired) electrons. The van der Waals surface area contributed by atoms with Gasteiger partial charge in [-0.3, -0.25) is 14.5 Å². The summed E-state index contributed by atoms with van der Waals surface area (Å²) in [6.45, 7) is 2.01. The molecule has 0 aliphatic heterocycles. The van der Waals surface area contributed by atoms with E-state index in [0.29, 0.717) is 6.54 Å². The Morgan fingerprint density at radius 1 is 1.54 bits per heavy atom. The Morgan fingerprint density at radius 3 is 2.46 bits per heavy atom. The predicted octanol–water partition coefficient (Wildman–Crippen LogP) is -0.0456. The monoisotopic (exact) mass is 189 g/mol. The first-order valence-corrected chi connectivity index (χ1v) is 3.99. The molecule has 0 aromatic heterocycles. The van der Waals surface area contributed by atoms with Crippen LogP contribution in [0.3, 0.4) is 0 Å². The van der Waals surface area contributed by atoms with Crippen LogP contribution in [0.1, 0.15) is 13.3 Å². The molecule has 1 N–H and O–H groups in total. The first kappa shape index (κ1) is 11.9. The van der Waals surface area contributed by atoms with Gasteiger partial charge in [-0.2, -0.15) is 0 Å². The van der Waals surface area contributed by atoms with Crippen molar-refractivity contribution in [3.8, 4) is 0 Å². The quantitative estimate of drug-likeness (QED) is 0.614. The molecule has 1 atom stereocenters. The Morgan fingerprint density at radius 2 is 2.08 bits per heavy atom. The average Bonchev–Trinajstić information content (AvgIpc) is 2.11. The Kier molecular flexibility index (Phi) is 5.06. The van der Waals surface area contributed by atoms with Gasteiger partial charge in [0.05, 0.1) is 13.5 Å². The molecule has 5 heteroatoms. The van der Waals surface area contributed by atoms with Gasteiger partial charge in [0.2, 0.25) is 0 Å². The molecule has 0 amide bonds. The van der Waals surface area contributed by atoms with Gasteiger partial charge < -0.3 is 9.84 Å². The normalized spacial score (nSPS) is 12.6. The summed E-state index contributed by atoms with van der Waals surface area (Å²) >= 11 is 0. The van der Waals surface area contributed by atoms with E-state index in [2.05, 4.69) is 4.74 Å². The number of carbonyl (C=O) groups is 2. The van der Waals surface area contributed by atoms with Crippen LogP contribution in [-0.2, 0) is 14.3 Å². The topological polar surface area (TPSA) is 66.8 Å². The summed E-state index contributed by atoms with van der Waals surface area (Å²) < 4.78 is 4.51. The SMILES string of the molecule is COC(=O)C(C)N(C)CCC(=O)O. The number of esters is 1. The third-order valence-corrected chi connectivity index (χ3v) is 1.88. The number of hydrogen-bond acceptors (Lipinski definition) is 4. The summed E-state index contributed by atoms with van der Waals surface area (Å²) in [5, 5.41) is 8.40. The number of likely N-dealkylation sites (N-methyl/N-ethyl adjacent to an activating group) is 1. The Hall–Kier alpha value is -1.10. The highest BCUT2D eigenvalue weighted by Gasteiger charge is 2.18. The van der Waals surface area contributed by atoms with E-state index in [4.69, 9.17) is 5.11 Å². The second-order valence-electron chi connectivity index (χ2n) is 2.82. The summed E-state index contributed by atoms with van der Waals surface area (Å²) in [5.74, 6) is -1.23. The van der Waals surface area contributed by atoms with Gasteiger partial charge in [-0.15, -0.1) is 0 Å². The number of methoxy groups -OCH3 is 1. The maximum atomic E-state index is 11.0. The number of carbonyl (C=O) groups excluding carboxylic acids is 1. The fourth-order valence-electron chi connectivity index (χ4n) is 0.816. The molecule has 0 rings (SSSR count). The summed E-state index contributed by atoms with van der Waals surface area (Å²) in [6, 6.07) is -0.399. The van der Waals surface area contributed by atoms with Gasteiger partial charge in [0.1, 0.15) is 6.04 Å². The summed E-state index contributed by atoms with van der Waals surface area (Å²) in [6.07, 6.45) is 0.0256. The van der Waals surface area contributed by atoms with E-state index < -0.39 is 12.0 Å². The maximum absolute atomic E-state index is 11.0. The number of carboxylic acid groups (broad SMARTS) is 1. The number of carboxylic acids is 1. The molecular formula is C8H15NO4. The molecule has 13 heavy (non-hydrogen) atoms. The Labute approximate surface area is 77.3 Å². The molecule has 0 saturated carbocycles. The zero-order valence-corrected chi connectivity index (χ0v) is 8.11. The van der Waals surface area contributed by atoms with Crippen molar-refractivity contribution in [2.75, 3.05) is 20.7 Å². The van der Waals surface area contributed by atoms with Crippen molar-refractivity contribution in [2.24, 2.45) is 0 Å². The van der Waals surface area contributed by atoms with E-state index in [1.807, 2.05) is 0 Å². The smallest absolute Gasteiger partial charge is 0.322 e. The lowest BCUT2D eigenvalue weighted by molar-refractivity contribution is -0.147. The standard InChI is InChI=1S/C8H15NO4/c1-6(8(12)13-3)9(2)5-4-7(10)11/h6H,4-5H2,1-3H3,(H,10,11). The van der Waals surface area contributed by atoms with E-state index in [0.717, 1.165) is 0 Å². The van der Waals surface area contributed by atoms with Gasteiger partial charge in [-0.25, -0.2) is 0 Å². The van der Waals surface area contributed by atoms with Crippen LogP contribution in [0.15, 0.2) is 0 Å². The lowest BCUT2D eigenvalue weighted by Gasteiger charge is -2.21. The van der Waals surface area contributed by atoms with Crippen LogP contribution in [0.4, 0.5) is 0 Å². The van der Waals surface area contributed by atoms with Crippen molar-refractivity contribution >= 4 is 11.9 Å². The molecule has 0 saturated heterocycles. The lowest BCUT2D eigenvalue weighted by Crippen LogP contribution is -2.37. The summed E-state index contributed by atoms with van der Waals surface area (Å²) in [4.78, 5) is 22.8. The first-order valence-electron chi connectivity index (χ1n) is 3.99. The van der Waals surface area contributed by atoms with Crippen LogP contribution < -0.4 is 0 Å². The second-order valence-corrected chi connectivity index (χ2v) is 2.82. The highest BCUT2D eigenvalue weighted by Crippen LogP contribution is 1.98. The predicted molar refractivity (Wildman–Crippen MR) is 46.4 cm³/mol. The first-order chi connectivity index (χ1) is 5.99. The Balaban J connectivity index is 3.88. The molecule has 0 bridgehead atoms. The van der Waals surface area contributed by atoms with E-state index in [-0.39, 0.29) is 12.4 Å². The lowest BCUT2D eigenvalue weighted by atomic mass is 10.3. The van der Waals surface area contributed by atoms with Crippen molar-refractivity contribution in [3.63, 3.8) is 0 Å².